The quantitative estimate of drug-likeness (QED) is 0.133. The number of aromatic nitrogens is 3. The van der Waals surface area contributed by atoms with E-state index in [1.807, 2.05) is 11.8 Å². The molecule has 3 fully saturated rings. The molecule has 65 heavy (non-hydrogen) atoms. The molecular weight excluding hydrogens is 885 g/mol. The highest BCUT2D eigenvalue weighted by Crippen LogP contribution is 2.57. The number of anilines is 1. The Balaban J connectivity index is 1.22. The van der Waals surface area contributed by atoms with E-state index in [-0.39, 0.29) is 71.4 Å². The molecule has 0 aliphatic carbocycles. The first kappa shape index (κ1) is 46.3. The van der Waals surface area contributed by atoms with Crippen molar-refractivity contribution in [2.45, 2.75) is 120 Å². The summed E-state index contributed by atoms with van der Waals surface area (Å²) >= 11 is 0. The Morgan fingerprint density at radius 1 is 0.923 bits per heavy atom. The summed E-state index contributed by atoms with van der Waals surface area (Å²) in [5.41, 5.74) is -8.87. The summed E-state index contributed by atoms with van der Waals surface area (Å²) in [6.45, 7) is 6.26. The summed E-state index contributed by atoms with van der Waals surface area (Å²) in [5, 5.41) is 0.883. The summed E-state index contributed by atoms with van der Waals surface area (Å²) in [4.78, 5) is 32.5. The van der Waals surface area contributed by atoms with Gasteiger partial charge in [-0.2, -0.15) is 49.5 Å². The lowest BCUT2D eigenvalue weighted by atomic mass is 9.93. The monoisotopic (exact) mass is 928 g/mol. The van der Waals surface area contributed by atoms with E-state index in [1.54, 1.807) is 37.8 Å². The van der Waals surface area contributed by atoms with Crippen molar-refractivity contribution in [1.29, 1.82) is 0 Å². The molecule has 4 aliphatic rings. The third-order valence-electron chi connectivity index (χ3n) is 12.8. The summed E-state index contributed by atoms with van der Waals surface area (Å²) in [5.74, 6) is 0.793. The highest BCUT2D eigenvalue weighted by molar-refractivity contribution is 6.03. The van der Waals surface area contributed by atoms with E-state index in [9.17, 15) is 44.3 Å². The number of pyridine rings is 1. The van der Waals surface area contributed by atoms with Crippen LogP contribution < -0.4 is 9.64 Å². The second kappa shape index (κ2) is 16.0. The number of nitrogens with zero attached hydrogens (tertiary/aromatic N) is 6. The van der Waals surface area contributed by atoms with Crippen molar-refractivity contribution in [1.82, 2.24) is 24.8 Å². The van der Waals surface area contributed by atoms with Crippen LogP contribution in [0.3, 0.4) is 0 Å². The number of alkyl halides is 9. The van der Waals surface area contributed by atoms with Crippen LogP contribution in [0.1, 0.15) is 71.1 Å². The van der Waals surface area contributed by atoms with Crippen molar-refractivity contribution in [3.05, 3.63) is 53.2 Å². The minimum Gasteiger partial charge on any atom is -0.461 e. The Hall–Kier alpha value is -5.23. The fourth-order valence-electron chi connectivity index (χ4n) is 9.86. The molecule has 8 rings (SSSR count). The van der Waals surface area contributed by atoms with Gasteiger partial charge in [-0.05, 0) is 77.3 Å². The fraction of sp³-hybridized carbons (Fsp3) is 0.545. The largest absolute Gasteiger partial charge is 0.461 e. The van der Waals surface area contributed by atoms with E-state index in [0.29, 0.717) is 30.3 Å². The normalized spacial score (nSPS) is 23.1. The van der Waals surface area contributed by atoms with E-state index in [4.69, 9.17) is 25.9 Å². The Kier molecular flexibility index (Phi) is 11.4. The lowest BCUT2D eigenvalue weighted by Crippen LogP contribution is -2.68. The molecule has 4 atom stereocenters. The molecule has 4 aromatic rings. The van der Waals surface area contributed by atoms with Crippen LogP contribution in [0.15, 0.2) is 30.3 Å². The first-order valence-electron chi connectivity index (χ1n) is 20.9. The number of fused-ring (bicyclic) bond motifs is 4. The molecule has 350 valence electrons. The van der Waals surface area contributed by atoms with Crippen LogP contribution in [0.25, 0.3) is 32.9 Å². The van der Waals surface area contributed by atoms with E-state index in [0.717, 1.165) is 0 Å². The molecule has 0 saturated carbocycles. The molecule has 2 aromatic carbocycles. The third kappa shape index (κ3) is 7.81. The number of hydrogen-bond acceptors (Lipinski definition) is 9. The minimum absolute atomic E-state index is 0.0823. The van der Waals surface area contributed by atoms with Gasteiger partial charge in [0.2, 0.25) is 0 Å². The second-order valence-corrected chi connectivity index (χ2v) is 18.0. The van der Waals surface area contributed by atoms with Crippen molar-refractivity contribution in [3.8, 4) is 29.6 Å². The van der Waals surface area contributed by atoms with E-state index >= 15 is 8.78 Å². The van der Waals surface area contributed by atoms with Gasteiger partial charge in [0.1, 0.15) is 35.1 Å². The Bertz CT molecular complexity index is 2540. The van der Waals surface area contributed by atoms with Gasteiger partial charge in [0.05, 0.1) is 34.3 Å². The number of carbonyl (C=O) groups is 1. The van der Waals surface area contributed by atoms with Gasteiger partial charge in [-0.15, -0.1) is 6.42 Å². The fourth-order valence-corrected chi connectivity index (χ4v) is 9.86. The van der Waals surface area contributed by atoms with Gasteiger partial charge in [-0.25, -0.2) is 18.6 Å². The number of amides is 1. The summed E-state index contributed by atoms with van der Waals surface area (Å²) in [7, 11) is 0. The highest BCUT2D eigenvalue weighted by atomic mass is 19.4. The molecule has 4 aliphatic heterocycles. The van der Waals surface area contributed by atoms with Crippen LogP contribution in [0, 0.1) is 24.0 Å². The van der Waals surface area contributed by atoms with Gasteiger partial charge in [0.25, 0.3) is 0 Å². The molecule has 0 bridgehead atoms. The van der Waals surface area contributed by atoms with Crippen LogP contribution in [-0.2, 0) is 15.9 Å². The first-order chi connectivity index (χ1) is 30.3. The lowest BCUT2D eigenvalue weighted by Gasteiger charge is -2.46. The number of halogens is 11. The van der Waals surface area contributed by atoms with Crippen LogP contribution >= 0.6 is 0 Å². The molecule has 1 amide bonds. The molecule has 0 spiro atoms. The van der Waals surface area contributed by atoms with E-state index in [2.05, 4.69) is 15.6 Å². The molecule has 0 radical (unpaired) electrons. The first-order valence-corrected chi connectivity index (χ1v) is 20.9. The summed E-state index contributed by atoms with van der Waals surface area (Å²) in [6, 6.07) is 6.12. The van der Waals surface area contributed by atoms with E-state index in [1.165, 1.54) is 23.1 Å². The standard InChI is InChI=1S/C44H43F11N6O4/c1-6-24-19-60-25(20-61(24)38(62)65-39(3,4)5)13-15-30-32-35(33(46)34(56-30)28-11-8-10-23-12-14-29(45)27(7-2)31(23)28)57-37(58-36(32)60)63-22-40-16-9-17-59(40)21-26(18-40)64-41(42(47,48)49,43(50,51)52)44(53,54)55/h2,8,10-12,14,24-26H,6,9,13,15-22H2,1,3-5H3/t24-,25-,26+,40?/m1/s1. The number of terminal acetylenes is 1. The zero-order chi connectivity index (χ0) is 47.2. The van der Waals surface area contributed by atoms with Gasteiger partial charge in [-0.3, -0.25) is 4.90 Å². The molecule has 3 saturated heterocycles. The minimum atomic E-state index is -6.91. The number of hydrogen-bond donors (Lipinski definition) is 0. The number of rotatable bonds is 7. The van der Waals surface area contributed by atoms with Crippen molar-refractivity contribution in [3.63, 3.8) is 0 Å². The van der Waals surface area contributed by atoms with Gasteiger partial charge in [0.15, 0.2) is 5.82 Å². The van der Waals surface area contributed by atoms with Crippen LogP contribution in [-0.4, -0.2) is 117 Å². The SMILES string of the molecule is C#Cc1c(F)ccc2cccc(-c3nc4c5c(nc(OCC67CCCN6C[C@@H](OC(C(F)(F)F)(C(F)(F)F)C(F)(F)F)C7)nc5c3F)N3C[C@@H](CC)N(C(=O)OC(C)(C)C)C[C@H]3CC4)c12. The summed E-state index contributed by atoms with van der Waals surface area (Å²) < 4.78 is 174. The lowest BCUT2D eigenvalue weighted by molar-refractivity contribution is -0.463. The number of ether oxygens (including phenoxy) is 3. The smallest absolute Gasteiger partial charge is 0.435 e. The van der Waals surface area contributed by atoms with E-state index < -0.39 is 96.8 Å². The highest BCUT2D eigenvalue weighted by Gasteiger charge is 2.86. The number of benzene rings is 2. The molecule has 21 heteroatoms. The van der Waals surface area contributed by atoms with Crippen molar-refractivity contribution in [2.75, 3.05) is 37.7 Å². The van der Waals surface area contributed by atoms with Gasteiger partial charge in [-0.1, -0.05) is 37.1 Å². The molecule has 1 unspecified atom stereocenters. The van der Waals surface area contributed by atoms with Crippen LogP contribution in [0.4, 0.5) is 58.9 Å². The van der Waals surface area contributed by atoms with Crippen LogP contribution in [0.2, 0.25) is 0 Å². The molecular formula is C44H43F11N6O4. The predicted molar refractivity (Wildman–Crippen MR) is 214 cm³/mol. The molecule has 2 aromatic heterocycles. The number of piperazine rings is 1. The van der Waals surface area contributed by atoms with Crippen molar-refractivity contribution in [2.24, 2.45) is 0 Å². The Morgan fingerprint density at radius 3 is 2.28 bits per heavy atom. The van der Waals surface area contributed by atoms with Crippen LogP contribution in [0.5, 0.6) is 6.01 Å². The van der Waals surface area contributed by atoms with Gasteiger partial charge < -0.3 is 24.0 Å². The maximum absolute atomic E-state index is 17.5. The Labute approximate surface area is 365 Å². The molecule has 10 nitrogen and oxygen atoms in total. The average molecular weight is 929 g/mol. The maximum Gasteiger partial charge on any atom is 0.435 e. The van der Waals surface area contributed by atoms with Crippen molar-refractivity contribution < 1.29 is 67.3 Å². The average Bonchev–Trinajstić information content (AvgIpc) is 3.71. The zero-order valence-corrected chi connectivity index (χ0v) is 35.4. The topological polar surface area (TPSA) is 93.2 Å². The van der Waals surface area contributed by atoms with Crippen molar-refractivity contribution >= 4 is 33.6 Å². The number of aryl methyl sites for hydroxylation is 1. The third-order valence-corrected chi connectivity index (χ3v) is 12.8. The summed E-state index contributed by atoms with van der Waals surface area (Å²) in [6.07, 6.45) is -16.9. The zero-order valence-electron chi connectivity index (χ0n) is 35.4. The second-order valence-electron chi connectivity index (χ2n) is 18.0. The molecule has 0 N–H and O–H groups in total. The number of carbonyl (C=O) groups excluding carboxylic acids is 1. The Morgan fingerprint density at radius 2 is 1.63 bits per heavy atom. The van der Waals surface area contributed by atoms with Gasteiger partial charge >= 0.3 is 36.2 Å². The van der Waals surface area contributed by atoms with Gasteiger partial charge in [0, 0.05) is 36.6 Å². The predicted octanol–water partition coefficient (Wildman–Crippen LogP) is 9.68. The molecule has 6 heterocycles. The maximum atomic E-state index is 17.5.